The Labute approximate surface area is 121 Å². The van der Waals surface area contributed by atoms with Crippen molar-refractivity contribution in [2.45, 2.75) is 46.0 Å². The van der Waals surface area contributed by atoms with Gasteiger partial charge in [-0.1, -0.05) is 26.7 Å². The standard InChI is InChI=1S/C17H23FN2/c1-13(2)10-17(7-3-4-8-17)12-20-16-6-5-15(18)9-14(16)11-19/h5-6,9,13,20H,3-4,7-8,10,12H2,1-2H3. The number of benzene rings is 1. The van der Waals surface area contributed by atoms with Crippen molar-refractivity contribution in [1.82, 2.24) is 0 Å². The average molecular weight is 274 g/mol. The minimum absolute atomic E-state index is 0.343. The largest absolute Gasteiger partial charge is 0.383 e. The van der Waals surface area contributed by atoms with Gasteiger partial charge < -0.3 is 5.32 Å². The number of nitriles is 1. The highest BCUT2D eigenvalue weighted by Crippen LogP contribution is 2.43. The van der Waals surface area contributed by atoms with Gasteiger partial charge in [0.15, 0.2) is 0 Å². The fourth-order valence-electron chi connectivity index (χ4n) is 3.49. The van der Waals surface area contributed by atoms with Crippen LogP contribution in [0, 0.1) is 28.5 Å². The maximum absolute atomic E-state index is 13.1. The molecule has 1 fully saturated rings. The monoisotopic (exact) mass is 274 g/mol. The van der Waals surface area contributed by atoms with Gasteiger partial charge in [-0.15, -0.1) is 0 Å². The highest BCUT2D eigenvalue weighted by atomic mass is 19.1. The van der Waals surface area contributed by atoms with Gasteiger partial charge in [-0.3, -0.25) is 0 Å². The summed E-state index contributed by atoms with van der Waals surface area (Å²) < 4.78 is 13.1. The SMILES string of the molecule is CC(C)CC1(CNc2ccc(F)cc2C#N)CCCC1. The van der Waals surface area contributed by atoms with Gasteiger partial charge in [-0.25, -0.2) is 4.39 Å². The number of hydrogen-bond donors (Lipinski definition) is 1. The molecule has 0 amide bonds. The molecule has 1 aromatic rings. The third-order valence-electron chi connectivity index (χ3n) is 4.26. The minimum Gasteiger partial charge on any atom is -0.383 e. The summed E-state index contributed by atoms with van der Waals surface area (Å²) in [5.74, 6) is 0.323. The molecule has 3 heteroatoms. The summed E-state index contributed by atoms with van der Waals surface area (Å²) in [5.41, 5.74) is 1.49. The zero-order valence-corrected chi connectivity index (χ0v) is 12.4. The summed E-state index contributed by atoms with van der Waals surface area (Å²) >= 11 is 0. The molecule has 0 aromatic heterocycles. The third-order valence-corrected chi connectivity index (χ3v) is 4.26. The zero-order valence-electron chi connectivity index (χ0n) is 12.4. The Morgan fingerprint density at radius 2 is 2.05 bits per heavy atom. The van der Waals surface area contributed by atoms with Crippen molar-refractivity contribution in [2.24, 2.45) is 11.3 Å². The number of nitrogens with one attached hydrogen (secondary N) is 1. The molecule has 1 aromatic carbocycles. The molecule has 0 aliphatic heterocycles. The summed E-state index contributed by atoms with van der Waals surface area (Å²) in [7, 11) is 0. The van der Waals surface area contributed by atoms with Crippen molar-refractivity contribution in [1.29, 1.82) is 5.26 Å². The van der Waals surface area contributed by atoms with E-state index in [-0.39, 0.29) is 5.82 Å². The van der Waals surface area contributed by atoms with Crippen molar-refractivity contribution in [3.8, 4) is 6.07 Å². The predicted octanol–water partition coefficient (Wildman–Crippen LogP) is 4.72. The van der Waals surface area contributed by atoms with Crippen molar-refractivity contribution in [2.75, 3.05) is 11.9 Å². The Hall–Kier alpha value is -1.56. The maximum Gasteiger partial charge on any atom is 0.124 e. The van der Waals surface area contributed by atoms with Gasteiger partial charge in [0.1, 0.15) is 11.9 Å². The smallest absolute Gasteiger partial charge is 0.124 e. The summed E-state index contributed by atoms with van der Waals surface area (Å²) in [6.45, 7) is 5.41. The van der Waals surface area contributed by atoms with Crippen molar-refractivity contribution in [3.05, 3.63) is 29.6 Å². The molecule has 0 radical (unpaired) electrons. The van der Waals surface area contributed by atoms with E-state index in [1.165, 1.54) is 44.2 Å². The van der Waals surface area contributed by atoms with Crippen LogP contribution in [0.5, 0.6) is 0 Å². The molecule has 2 nitrogen and oxygen atoms in total. The Kier molecular flexibility index (Phi) is 4.65. The fraction of sp³-hybridized carbons (Fsp3) is 0.588. The average Bonchev–Trinajstić information content (AvgIpc) is 2.85. The van der Waals surface area contributed by atoms with Crippen molar-refractivity contribution < 1.29 is 4.39 Å². The molecule has 0 bridgehead atoms. The Morgan fingerprint density at radius 3 is 2.65 bits per heavy atom. The molecule has 1 aliphatic rings. The first-order valence-electron chi connectivity index (χ1n) is 7.48. The second-order valence-electron chi connectivity index (χ2n) is 6.46. The molecule has 1 aliphatic carbocycles. The maximum atomic E-state index is 13.1. The van der Waals surface area contributed by atoms with Crippen LogP contribution in [-0.4, -0.2) is 6.54 Å². The molecule has 108 valence electrons. The first-order valence-corrected chi connectivity index (χ1v) is 7.48. The molecule has 20 heavy (non-hydrogen) atoms. The number of rotatable bonds is 5. The van der Waals surface area contributed by atoms with Gasteiger partial charge >= 0.3 is 0 Å². The van der Waals surface area contributed by atoms with Gasteiger partial charge in [-0.05, 0) is 48.8 Å². The van der Waals surface area contributed by atoms with Gasteiger partial charge in [0.25, 0.3) is 0 Å². The number of halogens is 1. The molecule has 1 N–H and O–H groups in total. The van der Waals surface area contributed by atoms with Crippen LogP contribution in [0.4, 0.5) is 10.1 Å². The van der Waals surface area contributed by atoms with Crippen LogP contribution >= 0.6 is 0 Å². The van der Waals surface area contributed by atoms with E-state index < -0.39 is 0 Å². The van der Waals surface area contributed by atoms with Crippen molar-refractivity contribution in [3.63, 3.8) is 0 Å². The number of anilines is 1. The van der Waals surface area contributed by atoms with Gasteiger partial charge in [0.05, 0.1) is 11.3 Å². The quantitative estimate of drug-likeness (QED) is 0.843. The second-order valence-corrected chi connectivity index (χ2v) is 6.46. The second kappa shape index (κ2) is 6.26. The van der Waals surface area contributed by atoms with E-state index in [0.717, 1.165) is 12.2 Å². The lowest BCUT2D eigenvalue weighted by Gasteiger charge is -2.31. The molecular weight excluding hydrogens is 251 g/mol. The fourth-order valence-corrected chi connectivity index (χ4v) is 3.49. The molecular formula is C17H23FN2. The van der Waals surface area contributed by atoms with Crippen LogP contribution in [0.3, 0.4) is 0 Å². The molecule has 0 atom stereocenters. The molecule has 1 saturated carbocycles. The van der Waals surface area contributed by atoms with Crippen LogP contribution in [0.1, 0.15) is 51.5 Å². The van der Waals surface area contributed by atoms with Crippen molar-refractivity contribution >= 4 is 5.69 Å². The highest BCUT2D eigenvalue weighted by molar-refractivity contribution is 5.57. The lowest BCUT2D eigenvalue weighted by molar-refractivity contribution is 0.252. The van der Waals surface area contributed by atoms with Gasteiger partial charge in [0.2, 0.25) is 0 Å². The summed E-state index contributed by atoms with van der Waals surface area (Å²) in [4.78, 5) is 0. The Bertz CT molecular complexity index is 496. The minimum atomic E-state index is -0.357. The van der Waals surface area contributed by atoms with Crippen LogP contribution in [0.2, 0.25) is 0 Å². The zero-order chi connectivity index (χ0) is 14.6. The first-order chi connectivity index (χ1) is 9.54. The van der Waals surface area contributed by atoms with Crippen LogP contribution < -0.4 is 5.32 Å². The molecule has 0 heterocycles. The van der Waals surface area contributed by atoms with Crippen LogP contribution in [0.25, 0.3) is 0 Å². The number of hydrogen-bond acceptors (Lipinski definition) is 2. The van der Waals surface area contributed by atoms with Gasteiger partial charge in [-0.2, -0.15) is 5.26 Å². The summed E-state index contributed by atoms with van der Waals surface area (Å²) in [6, 6.07) is 6.44. The number of nitrogens with zero attached hydrogens (tertiary/aromatic N) is 1. The lowest BCUT2D eigenvalue weighted by Crippen LogP contribution is -2.28. The van der Waals surface area contributed by atoms with E-state index in [4.69, 9.17) is 5.26 Å². The lowest BCUT2D eigenvalue weighted by atomic mass is 9.78. The van der Waals surface area contributed by atoms with E-state index in [9.17, 15) is 4.39 Å². The van der Waals surface area contributed by atoms with E-state index in [1.807, 2.05) is 0 Å². The van der Waals surface area contributed by atoms with E-state index in [0.29, 0.717) is 16.9 Å². The van der Waals surface area contributed by atoms with Crippen LogP contribution in [-0.2, 0) is 0 Å². The third kappa shape index (κ3) is 3.50. The summed E-state index contributed by atoms with van der Waals surface area (Å²) in [6.07, 6.45) is 6.30. The van der Waals surface area contributed by atoms with E-state index in [2.05, 4.69) is 25.2 Å². The van der Waals surface area contributed by atoms with E-state index >= 15 is 0 Å². The van der Waals surface area contributed by atoms with E-state index in [1.54, 1.807) is 6.07 Å². The van der Waals surface area contributed by atoms with Crippen LogP contribution in [0.15, 0.2) is 18.2 Å². The highest BCUT2D eigenvalue weighted by Gasteiger charge is 2.34. The molecule has 0 saturated heterocycles. The first kappa shape index (κ1) is 14.8. The molecule has 2 rings (SSSR count). The Balaban J connectivity index is 2.08. The Morgan fingerprint density at radius 1 is 1.35 bits per heavy atom. The molecule has 0 spiro atoms. The predicted molar refractivity (Wildman–Crippen MR) is 80.0 cm³/mol. The van der Waals surface area contributed by atoms with Gasteiger partial charge in [0, 0.05) is 6.54 Å². The normalized spacial score (nSPS) is 17.1. The topological polar surface area (TPSA) is 35.8 Å². The summed E-state index contributed by atoms with van der Waals surface area (Å²) in [5, 5.41) is 12.5. The molecule has 0 unspecified atom stereocenters.